The average molecular weight is 384 g/mol. The molecule has 0 aliphatic carbocycles. The van der Waals surface area contributed by atoms with Crippen LogP contribution in [0, 0.1) is 6.92 Å². The third-order valence-electron chi connectivity index (χ3n) is 4.93. The van der Waals surface area contributed by atoms with Gasteiger partial charge in [-0.15, -0.1) is 0 Å². The average Bonchev–Trinajstić information content (AvgIpc) is 2.94. The summed E-state index contributed by atoms with van der Waals surface area (Å²) >= 11 is 0. The standard InChI is InChI=1S/C21H28N4O3/c1-16-12-23-19(13-22-16)21(26)25-8-4-7-24(9-10-25)14-17-5-6-20(28-3)18(11-17)15-27-2/h5-6,11-13H,4,7-10,14-15H2,1-3H3. The van der Waals surface area contributed by atoms with Gasteiger partial charge in [-0.1, -0.05) is 6.07 Å². The minimum absolute atomic E-state index is 0.0406. The lowest BCUT2D eigenvalue weighted by Crippen LogP contribution is -2.35. The topological polar surface area (TPSA) is 67.8 Å². The van der Waals surface area contributed by atoms with Crippen molar-refractivity contribution in [3.05, 3.63) is 53.1 Å². The van der Waals surface area contributed by atoms with Gasteiger partial charge in [-0.05, 0) is 31.0 Å². The Balaban J connectivity index is 1.61. The number of aromatic nitrogens is 2. The second-order valence-corrected chi connectivity index (χ2v) is 7.04. The lowest BCUT2D eigenvalue weighted by atomic mass is 10.1. The Labute approximate surface area is 166 Å². The van der Waals surface area contributed by atoms with Crippen LogP contribution < -0.4 is 4.74 Å². The first kappa shape index (κ1) is 20.2. The number of methoxy groups -OCH3 is 2. The number of rotatable bonds is 6. The summed E-state index contributed by atoms with van der Waals surface area (Å²) in [7, 11) is 3.36. The minimum Gasteiger partial charge on any atom is -0.496 e. The molecule has 0 atom stereocenters. The molecule has 0 spiro atoms. The van der Waals surface area contributed by atoms with Crippen molar-refractivity contribution in [1.29, 1.82) is 0 Å². The first-order chi connectivity index (χ1) is 13.6. The normalized spacial score (nSPS) is 15.3. The molecule has 1 amide bonds. The van der Waals surface area contributed by atoms with Gasteiger partial charge >= 0.3 is 0 Å². The Bertz CT molecular complexity index is 795. The predicted octanol–water partition coefficient (Wildman–Crippen LogP) is 2.29. The smallest absolute Gasteiger partial charge is 0.274 e. The highest BCUT2D eigenvalue weighted by Gasteiger charge is 2.21. The molecule has 1 fully saturated rings. The third kappa shape index (κ3) is 5.05. The minimum atomic E-state index is -0.0406. The van der Waals surface area contributed by atoms with Crippen molar-refractivity contribution >= 4 is 5.91 Å². The zero-order valence-electron chi connectivity index (χ0n) is 16.9. The maximum atomic E-state index is 12.7. The van der Waals surface area contributed by atoms with Crippen LogP contribution in [0.2, 0.25) is 0 Å². The van der Waals surface area contributed by atoms with Gasteiger partial charge in [0.25, 0.3) is 5.91 Å². The summed E-state index contributed by atoms with van der Waals surface area (Å²) in [5.41, 5.74) is 3.49. The van der Waals surface area contributed by atoms with Gasteiger partial charge in [0.1, 0.15) is 11.4 Å². The highest BCUT2D eigenvalue weighted by atomic mass is 16.5. The maximum Gasteiger partial charge on any atom is 0.274 e. The number of carbonyl (C=O) groups excluding carboxylic acids is 1. The second-order valence-electron chi connectivity index (χ2n) is 7.04. The van der Waals surface area contributed by atoms with Crippen LogP contribution >= 0.6 is 0 Å². The van der Waals surface area contributed by atoms with E-state index < -0.39 is 0 Å². The van der Waals surface area contributed by atoms with Crippen LogP contribution in [0.25, 0.3) is 0 Å². The van der Waals surface area contributed by atoms with Crippen LogP contribution in [-0.4, -0.2) is 66.1 Å². The van der Waals surface area contributed by atoms with E-state index in [9.17, 15) is 4.79 Å². The number of aryl methyl sites for hydroxylation is 1. The molecule has 7 nitrogen and oxygen atoms in total. The lowest BCUT2D eigenvalue weighted by molar-refractivity contribution is 0.0754. The number of nitrogens with zero attached hydrogens (tertiary/aromatic N) is 4. The molecule has 28 heavy (non-hydrogen) atoms. The molecular weight excluding hydrogens is 356 g/mol. The van der Waals surface area contributed by atoms with Crippen LogP contribution in [0.15, 0.2) is 30.6 Å². The van der Waals surface area contributed by atoms with Crippen molar-refractivity contribution in [3.8, 4) is 5.75 Å². The largest absolute Gasteiger partial charge is 0.496 e. The Morgan fingerprint density at radius 1 is 1.11 bits per heavy atom. The molecule has 1 aliphatic rings. The van der Waals surface area contributed by atoms with E-state index in [1.165, 1.54) is 5.56 Å². The number of hydrogen-bond donors (Lipinski definition) is 0. The van der Waals surface area contributed by atoms with Crippen molar-refractivity contribution in [2.45, 2.75) is 26.5 Å². The highest BCUT2D eigenvalue weighted by molar-refractivity contribution is 5.92. The fraction of sp³-hybridized carbons (Fsp3) is 0.476. The Morgan fingerprint density at radius 2 is 1.96 bits per heavy atom. The summed E-state index contributed by atoms with van der Waals surface area (Å²) < 4.78 is 10.7. The van der Waals surface area contributed by atoms with Crippen LogP contribution in [-0.2, 0) is 17.9 Å². The fourth-order valence-electron chi connectivity index (χ4n) is 3.45. The number of hydrogen-bond acceptors (Lipinski definition) is 6. The number of benzene rings is 1. The van der Waals surface area contributed by atoms with E-state index in [-0.39, 0.29) is 5.91 Å². The highest BCUT2D eigenvalue weighted by Crippen LogP contribution is 2.22. The monoisotopic (exact) mass is 384 g/mol. The summed E-state index contributed by atoms with van der Waals surface area (Å²) in [6.07, 6.45) is 4.14. The Hall–Kier alpha value is -2.51. The second kappa shape index (κ2) is 9.61. The first-order valence-electron chi connectivity index (χ1n) is 9.55. The quantitative estimate of drug-likeness (QED) is 0.761. The van der Waals surface area contributed by atoms with Gasteiger partial charge < -0.3 is 14.4 Å². The molecule has 0 radical (unpaired) electrons. The first-order valence-corrected chi connectivity index (χ1v) is 9.55. The molecule has 150 valence electrons. The molecule has 1 aliphatic heterocycles. The summed E-state index contributed by atoms with van der Waals surface area (Å²) in [4.78, 5) is 25.4. The molecule has 3 rings (SSSR count). The van der Waals surface area contributed by atoms with Crippen molar-refractivity contribution in [2.24, 2.45) is 0 Å². The van der Waals surface area contributed by atoms with Crippen molar-refractivity contribution in [1.82, 2.24) is 19.8 Å². The van der Waals surface area contributed by atoms with E-state index in [0.29, 0.717) is 18.8 Å². The molecule has 7 heteroatoms. The Morgan fingerprint density at radius 3 is 2.68 bits per heavy atom. The number of carbonyl (C=O) groups is 1. The van der Waals surface area contributed by atoms with Gasteiger partial charge in [0.2, 0.25) is 0 Å². The molecule has 2 aromatic rings. The van der Waals surface area contributed by atoms with Crippen LogP contribution in [0.5, 0.6) is 5.75 Å². The fourth-order valence-corrected chi connectivity index (χ4v) is 3.45. The molecule has 0 N–H and O–H groups in total. The summed E-state index contributed by atoms with van der Waals surface area (Å²) in [6.45, 7) is 6.44. The van der Waals surface area contributed by atoms with Gasteiger partial charge in [-0.2, -0.15) is 0 Å². The number of ether oxygens (including phenoxy) is 2. The van der Waals surface area contributed by atoms with Gasteiger partial charge in [-0.25, -0.2) is 4.98 Å². The van der Waals surface area contributed by atoms with Gasteiger partial charge in [-0.3, -0.25) is 14.7 Å². The lowest BCUT2D eigenvalue weighted by Gasteiger charge is -2.22. The van der Waals surface area contributed by atoms with E-state index in [1.54, 1.807) is 26.6 Å². The zero-order chi connectivity index (χ0) is 19.9. The van der Waals surface area contributed by atoms with Crippen LogP contribution in [0.3, 0.4) is 0 Å². The summed E-state index contributed by atoms with van der Waals surface area (Å²) in [5.74, 6) is 0.804. The van der Waals surface area contributed by atoms with Gasteiger partial charge in [0.05, 0.1) is 25.6 Å². The summed E-state index contributed by atoms with van der Waals surface area (Å²) in [6, 6.07) is 6.22. The van der Waals surface area contributed by atoms with Crippen LogP contribution in [0.4, 0.5) is 0 Å². The van der Waals surface area contributed by atoms with E-state index in [4.69, 9.17) is 9.47 Å². The van der Waals surface area contributed by atoms with Gasteiger partial charge in [0.15, 0.2) is 0 Å². The summed E-state index contributed by atoms with van der Waals surface area (Å²) in [5, 5.41) is 0. The van der Waals surface area contributed by atoms with Crippen molar-refractivity contribution in [2.75, 3.05) is 40.4 Å². The molecule has 0 unspecified atom stereocenters. The zero-order valence-corrected chi connectivity index (χ0v) is 16.9. The van der Waals surface area contributed by atoms with Gasteiger partial charge in [0, 0.05) is 51.6 Å². The van der Waals surface area contributed by atoms with E-state index in [1.807, 2.05) is 17.9 Å². The molecule has 2 heterocycles. The number of amides is 1. The molecule has 0 bridgehead atoms. The molecule has 0 saturated carbocycles. The van der Waals surface area contributed by atoms with Crippen molar-refractivity contribution < 1.29 is 14.3 Å². The molecular formula is C21H28N4O3. The van der Waals surface area contributed by atoms with Crippen molar-refractivity contribution in [3.63, 3.8) is 0 Å². The molecule has 1 aromatic carbocycles. The van der Waals surface area contributed by atoms with E-state index in [0.717, 1.165) is 49.6 Å². The SMILES string of the molecule is COCc1cc(CN2CCCN(C(=O)c3cnc(C)cn3)CC2)ccc1OC. The maximum absolute atomic E-state index is 12.7. The Kier molecular flexibility index (Phi) is 6.95. The predicted molar refractivity (Wildman–Crippen MR) is 106 cm³/mol. The molecule has 1 saturated heterocycles. The van der Waals surface area contributed by atoms with E-state index in [2.05, 4.69) is 27.0 Å². The third-order valence-corrected chi connectivity index (χ3v) is 4.93. The van der Waals surface area contributed by atoms with E-state index >= 15 is 0 Å². The molecule has 1 aromatic heterocycles. The van der Waals surface area contributed by atoms with Crippen LogP contribution in [0.1, 0.15) is 33.7 Å².